The number of rotatable bonds is 2. The van der Waals surface area contributed by atoms with Gasteiger partial charge in [-0.2, -0.15) is 0 Å². The summed E-state index contributed by atoms with van der Waals surface area (Å²) in [6.45, 7) is 2.44. The highest BCUT2D eigenvalue weighted by Crippen LogP contribution is 2.10. The first-order chi connectivity index (χ1) is 5.83. The highest BCUT2D eigenvalue weighted by Gasteiger charge is 1.90. The fourth-order valence-electron chi connectivity index (χ4n) is 0.747. The monoisotopic (exact) mass is 180 g/mol. The lowest BCUT2D eigenvalue weighted by molar-refractivity contribution is 1.29. The van der Waals surface area contributed by atoms with Gasteiger partial charge in [0.05, 0.1) is 6.54 Å². The van der Waals surface area contributed by atoms with Crippen molar-refractivity contribution in [3.8, 4) is 11.8 Å². The van der Waals surface area contributed by atoms with Gasteiger partial charge in [0, 0.05) is 11.9 Å². The third-order valence-corrected chi connectivity index (χ3v) is 1.49. The van der Waals surface area contributed by atoms with E-state index in [2.05, 4.69) is 22.1 Å². The zero-order chi connectivity index (χ0) is 8.81. The van der Waals surface area contributed by atoms with E-state index in [0.29, 0.717) is 11.7 Å². The van der Waals surface area contributed by atoms with E-state index in [1.54, 1.807) is 19.2 Å². The lowest BCUT2D eigenvalue weighted by atomic mass is 10.4. The third kappa shape index (κ3) is 2.81. The number of anilines is 1. The fourth-order valence-corrected chi connectivity index (χ4v) is 0.921. The summed E-state index contributed by atoms with van der Waals surface area (Å²) in [5.41, 5.74) is 0.942. The Morgan fingerprint density at radius 2 is 2.50 bits per heavy atom. The molecule has 1 heterocycles. The van der Waals surface area contributed by atoms with Crippen LogP contribution in [-0.4, -0.2) is 11.5 Å². The Morgan fingerprint density at radius 1 is 1.67 bits per heavy atom. The van der Waals surface area contributed by atoms with E-state index in [0.717, 1.165) is 5.69 Å². The van der Waals surface area contributed by atoms with Crippen LogP contribution in [0.3, 0.4) is 0 Å². The second kappa shape index (κ2) is 4.63. The molecule has 0 aliphatic carbocycles. The molecule has 0 fully saturated rings. The van der Waals surface area contributed by atoms with Crippen LogP contribution < -0.4 is 5.32 Å². The van der Waals surface area contributed by atoms with E-state index in [4.69, 9.17) is 11.6 Å². The molecule has 3 heteroatoms. The highest BCUT2D eigenvalue weighted by molar-refractivity contribution is 6.29. The van der Waals surface area contributed by atoms with Crippen LogP contribution in [0, 0.1) is 11.8 Å². The number of nitrogens with zero attached hydrogens (tertiary/aromatic N) is 1. The van der Waals surface area contributed by atoms with Crippen LogP contribution in [0.25, 0.3) is 0 Å². The number of hydrogen-bond acceptors (Lipinski definition) is 2. The Bertz CT molecular complexity index is 312. The largest absolute Gasteiger partial charge is 0.374 e. The van der Waals surface area contributed by atoms with Gasteiger partial charge in [-0.15, -0.1) is 5.92 Å². The van der Waals surface area contributed by atoms with Crippen LogP contribution in [0.2, 0.25) is 5.15 Å². The number of nitrogens with one attached hydrogen (secondary N) is 1. The van der Waals surface area contributed by atoms with Crippen LogP contribution in [0.4, 0.5) is 5.69 Å². The van der Waals surface area contributed by atoms with Crippen molar-refractivity contribution in [2.75, 3.05) is 11.9 Å². The van der Waals surface area contributed by atoms with Crippen molar-refractivity contribution in [1.29, 1.82) is 0 Å². The summed E-state index contributed by atoms with van der Waals surface area (Å²) in [4.78, 5) is 3.86. The van der Waals surface area contributed by atoms with E-state index in [1.807, 2.05) is 6.07 Å². The summed E-state index contributed by atoms with van der Waals surface area (Å²) >= 11 is 5.67. The van der Waals surface area contributed by atoms with Crippen molar-refractivity contribution in [2.24, 2.45) is 0 Å². The number of halogens is 1. The summed E-state index contributed by atoms with van der Waals surface area (Å²) in [7, 11) is 0. The minimum Gasteiger partial charge on any atom is -0.374 e. The van der Waals surface area contributed by atoms with Crippen LogP contribution in [0.15, 0.2) is 18.3 Å². The van der Waals surface area contributed by atoms with Gasteiger partial charge < -0.3 is 5.32 Å². The predicted molar refractivity (Wildman–Crippen MR) is 51.2 cm³/mol. The Hall–Kier alpha value is -1.20. The first-order valence-electron chi connectivity index (χ1n) is 3.58. The topological polar surface area (TPSA) is 24.9 Å². The van der Waals surface area contributed by atoms with Crippen molar-refractivity contribution in [3.05, 3.63) is 23.5 Å². The summed E-state index contributed by atoms with van der Waals surface area (Å²) in [6.07, 6.45) is 1.66. The maximum Gasteiger partial charge on any atom is 0.131 e. The van der Waals surface area contributed by atoms with Crippen molar-refractivity contribution in [2.45, 2.75) is 6.92 Å². The Balaban J connectivity index is 2.55. The maximum absolute atomic E-state index is 5.67. The zero-order valence-electron chi connectivity index (χ0n) is 6.76. The first-order valence-corrected chi connectivity index (χ1v) is 3.96. The molecule has 0 spiro atoms. The minimum atomic E-state index is 0.490. The number of hydrogen-bond donors (Lipinski definition) is 1. The Morgan fingerprint density at radius 3 is 3.17 bits per heavy atom. The second-order valence-corrected chi connectivity index (χ2v) is 2.53. The van der Waals surface area contributed by atoms with Gasteiger partial charge in [0.2, 0.25) is 0 Å². The summed E-state index contributed by atoms with van der Waals surface area (Å²) in [5, 5.41) is 3.58. The Labute approximate surface area is 77.0 Å². The summed E-state index contributed by atoms with van der Waals surface area (Å²) in [6, 6.07) is 3.61. The molecule has 1 rings (SSSR count). The average Bonchev–Trinajstić information content (AvgIpc) is 2.05. The lowest BCUT2D eigenvalue weighted by Gasteiger charge is -2.00. The fraction of sp³-hybridized carbons (Fsp3) is 0.222. The van der Waals surface area contributed by atoms with Gasteiger partial charge in [-0.3, -0.25) is 0 Å². The Kier molecular flexibility index (Phi) is 3.43. The molecule has 0 radical (unpaired) electrons. The van der Waals surface area contributed by atoms with Crippen molar-refractivity contribution >= 4 is 17.3 Å². The van der Waals surface area contributed by atoms with Gasteiger partial charge in [-0.1, -0.05) is 17.5 Å². The quantitative estimate of drug-likeness (QED) is 0.558. The molecule has 2 nitrogen and oxygen atoms in total. The van der Waals surface area contributed by atoms with Crippen LogP contribution in [-0.2, 0) is 0 Å². The molecule has 0 aliphatic heterocycles. The molecule has 1 N–H and O–H groups in total. The average molecular weight is 181 g/mol. The van der Waals surface area contributed by atoms with Gasteiger partial charge in [0.25, 0.3) is 0 Å². The van der Waals surface area contributed by atoms with Crippen LogP contribution in [0.1, 0.15) is 6.92 Å². The van der Waals surface area contributed by atoms with E-state index in [-0.39, 0.29) is 0 Å². The number of aromatic nitrogens is 1. The normalized spacial score (nSPS) is 8.50. The van der Waals surface area contributed by atoms with E-state index < -0.39 is 0 Å². The van der Waals surface area contributed by atoms with Gasteiger partial charge in [-0.05, 0) is 19.1 Å². The standard InChI is InChI=1S/C9H9ClN2/c1-2-3-5-11-8-4-6-12-9(10)7-8/h4,6-7H,5H2,1H3,(H,11,12). The van der Waals surface area contributed by atoms with Gasteiger partial charge in [0.15, 0.2) is 0 Å². The van der Waals surface area contributed by atoms with Gasteiger partial charge in [0.1, 0.15) is 5.15 Å². The van der Waals surface area contributed by atoms with Crippen LogP contribution in [0.5, 0.6) is 0 Å². The van der Waals surface area contributed by atoms with Crippen LogP contribution >= 0.6 is 11.6 Å². The minimum absolute atomic E-state index is 0.490. The molecular formula is C9H9ClN2. The molecule has 0 atom stereocenters. The molecule has 0 unspecified atom stereocenters. The smallest absolute Gasteiger partial charge is 0.131 e. The predicted octanol–water partition coefficient (Wildman–Crippen LogP) is 2.17. The van der Waals surface area contributed by atoms with Crippen molar-refractivity contribution in [3.63, 3.8) is 0 Å². The van der Waals surface area contributed by atoms with E-state index >= 15 is 0 Å². The second-order valence-electron chi connectivity index (χ2n) is 2.15. The van der Waals surface area contributed by atoms with E-state index in [1.165, 1.54) is 0 Å². The number of pyridine rings is 1. The molecule has 0 saturated carbocycles. The van der Waals surface area contributed by atoms with Crippen molar-refractivity contribution in [1.82, 2.24) is 4.98 Å². The molecule has 0 aromatic carbocycles. The molecule has 1 aromatic rings. The van der Waals surface area contributed by atoms with Gasteiger partial charge in [-0.25, -0.2) is 4.98 Å². The highest BCUT2D eigenvalue weighted by atomic mass is 35.5. The third-order valence-electron chi connectivity index (χ3n) is 1.28. The molecule has 0 aliphatic rings. The molecule has 0 bridgehead atoms. The molecule has 0 amide bonds. The van der Waals surface area contributed by atoms with Crippen molar-refractivity contribution < 1.29 is 0 Å². The van der Waals surface area contributed by atoms with E-state index in [9.17, 15) is 0 Å². The van der Waals surface area contributed by atoms with Gasteiger partial charge >= 0.3 is 0 Å². The first kappa shape index (κ1) is 8.89. The molecule has 62 valence electrons. The zero-order valence-corrected chi connectivity index (χ0v) is 7.52. The molecule has 1 aromatic heterocycles. The maximum atomic E-state index is 5.67. The lowest BCUT2D eigenvalue weighted by Crippen LogP contribution is -1.98. The molecular weight excluding hydrogens is 172 g/mol. The summed E-state index contributed by atoms with van der Waals surface area (Å²) in [5.74, 6) is 5.68. The molecule has 12 heavy (non-hydrogen) atoms. The molecule has 0 saturated heterocycles. The summed E-state index contributed by atoms with van der Waals surface area (Å²) < 4.78 is 0. The SMILES string of the molecule is CC#CCNc1ccnc(Cl)c1.